The SMILES string of the molecule is O=[N+]([O-])c1ccc(NCc2ccc(-n3cccn3)nc2)nc1. The van der Waals surface area contributed by atoms with Crippen LogP contribution in [-0.4, -0.2) is 24.7 Å². The second-order valence-corrected chi connectivity index (χ2v) is 4.49. The molecular weight excluding hydrogens is 284 g/mol. The van der Waals surface area contributed by atoms with Crippen molar-refractivity contribution in [1.29, 1.82) is 0 Å². The van der Waals surface area contributed by atoms with Gasteiger partial charge in [0, 0.05) is 31.2 Å². The first kappa shape index (κ1) is 13.7. The number of anilines is 1. The van der Waals surface area contributed by atoms with E-state index in [4.69, 9.17) is 0 Å². The molecule has 0 atom stereocenters. The molecule has 0 aromatic carbocycles. The minimum absolute atomic E-state index is 0.0317. The Morgan fingerprint density at radius 2 is 2.09 bits per heavy atom. The van der Waals surface area contributed by atoms with E-state index >= 15 is 0 Å². The molecule has 0 aliphatic rings. The highest BCUT2D eigenvalue weighted by atomic mass is 16.6. The topological polar surface area (TPSA) is 98.8 Å². The molecule has 0 aliphatic heterocycles. The van der Waals surface area contributed by atoms with Crippen LogP contribution >= 0.6 is 0 Å². The van der Waals surface area contributed by atoms with E-state index in [-0.39, 0.29) is 5.69 Å². The monoisotopic (exact) mass is 296 g/mol. The lowest BCUT2D eigenvalue weighted by Gasteiger charge is -2.06. The van der Waals surface area contributed by atoms with Crippen LogP contribution in [0.25, 0.3) is 5.82 Å². The van der Waals surface area contributed by atoms with Gasteiger partial charge in [0.25, 0.3) is 5.69 Å². The third-order valence-electron chi connectivity index (χ3n) is 2.98. The molecule has 0 saturated heterocycles. The molecule has 0 saturated carbocycles. The Balaban J connectivity index is 1.63. The molecule has 8 nitrogen and oxygen atoms in total. The van der Waals surface area contributed by atoms with Gasteiger partial charge in [-0.1, -0.05) is 6.07 Å². The van der Waals surface area contributed by atoms with Crippen LogP contribution in [0.3, 0.4) is 0 Å². The first-order valence-corrected chi connectivity index (χ1v) is 6.51. The highest BCUT2D eigenvalue weighted by Gasteiger charge is 2.05. The van der Waals surface area contributed by atoms with Gasteiger partial charge in [-0.25, -0.2) is 14.6 Å². The lowest BCUT2D eigenvalue weighted by atomic mass is 10.3. The molecule has 3 rings (SSSR count). The van der Waals surface area contributed by atoms with Crippen LogP contribution in [0.1, 0.15) is 5.56 Å². The van der Waals surface area contributed by atoms with Crippen molar-refractivity contribution < 1.29 is 4.92 Å². The van der Waals surface area contributed by atoms with E-state index < -0.39 is 4.92 Å². The average Bonchev–Trinajstić information content (AvgIpc) is 3.08. The highest BCUT2D eigenvalue weighted by molar-refractivity contribution is 5.40. The van der Waals surface area contributed by atoms with Crippen LogP contribution in [0.2, 0.25) is 0 Å². The molecule has 1 N–H and O–H groups in total. The van der Waals surface area contributed by atoms with Crippen LogP contribution in [0, 0.1) is 10.1 Å². The average molecular weight is 296 g/mol. The number of nitro groups is 1. The van der Waals surface area contributed by atoms with Crippen molar-refractivity contribution >= 4 is 11.5 Å². The number of nitrogens with one attached hydrogen (secondary N) is 1. The van der Waals surface area contributed by atoms with Gasteiger partial charge in [-0.2, -0.15) is 5.10 Å². The van der Waals surface area contributed by atoms with E-state index in [1.54, 1.807) is 23.1 Å². The largest absolute Gasteiger partial charge is 0.366 e. The summed E-state index contributed by atoms with van der Waals surface area (Å²) in [6.45, 7) is 0.525. The van der Waals surface area contributed by atoms with Crippen LogP contribution in [0.15, 0.2) is 55.1 Å². The second-order valence-electron chi connectivity index (χ2n) is 4.49. The van der Waals surface area contributed by atoms with E-state index in [1.165, 1.54) is 12.3 Å². The molecule has 0 radical (unpaired) electrons. The van der Waals surface area contributed by atoms with E-state index in [0.29, 0.717) is 12.4 Å². The van der Waals surface area contributed by atoms with Gasteiger partial charge in [-0.15, -0.1) is 0 Å². The Morgan fingerprint density at radius 3 is 2.68 bits per heavy atom. The number of hydrogen-bond acceptors (Lipinski definition) is 6. The van der Waals surface area contributed by atoms with Gasteiger partial charge < -0.3 is 5.32 Å². The Hall–Kier alpha value is -3.29. The van der Waals surface area contributed by atoms with Crippen molar-refractivity contribution in [3.63, 3.8) is 0 Å². The third kappa shape index (κ3) is 3.06. The summed E-state index contributed by atoms with van der Waals surface area (Å²) in [4.78, 5) is 18.4. The molecular formula is C14H12N6O2. The van der Waals surface area contributed by atoms with Crippen molar-refractivity contribution in [2.75, 3.05) is 5.32 Å². The maximum absolute atomic E-state index is 10.6. The maximum Gasteiger partial charge on any atom is 0.287 e. The molecule has 22 heavy (non-hydrogen) atoms. The second kappa shape index (κ2) is 6.00. The molecule has 8 heteroatoms. The third-order valence-corrected chi connectivity index (χ3v) is 2.98. The molecule has 0 amide bonds. The first-order valence-electron chi connectivity index (χ1n) is 6.51. The Labute approximate surface area is 125 Å². The summed E-state index contributed by atoms with van der Waals surface area (Å²) in [6, 6.07) is 8.62. The summed E-state index contributed by atoms with van der Waals surface area (Å²) >= 11 is 0. The summed E-state index contributed by atoms with van der Waals surface area (Å²) in [5, 5.41) is 17.7. The Morgan fingerprint density at radius 1 is 1.18 bits per heavy atom. The van der Waals surface area contributed by atoms with E-state index in [2.05, 4.69) is 20.4 Å². The minimum Gasteiger partial charge on any atom is -0.366 e. The fourth-order valence-electron chi connectivity index (χ4n) is 1.85. The normalized spacial score (nSPS) is 10.4. The van der Waals surface area contributed by atoms with Crippen molar-refractivity contribution in [2.45, 2.75) is 6.54 Å². The number of rotatable bonds is 5. The number of aromatic nitrogens is 4. The molecule has 110 valence electrons. The van der Waals surface area contributed by atoms with Crippen molar-refractivity contribution in [3.8, 4) is 5.82 Å². The van der Waals surface area contributed by atoms with Gasteiger partial charge in [-0.05, 0) is 23.8 Å². The summed E-state index contributed by atoms with van der Waals surface area (Å²) in [7, 11) is 0. The summed E-state index contributed by atoms with van der Waals surface area (Å²) in [6.07, 6.45) is 6.48. The fraction of sp³-hybridized carbons (Fsp3) is 0.0714. The quantitative estimate of drug-likeness (QED) is 0.572. The molecule has 0 bridgehead atoms. The Kier molecular flexibility index (Phi) is 3.73. The molecule has 0 unspecified atom stereocenters. The summed E-state index contributed by atoms with van der Waals surface area (Å²) in [5.41, 5.74) is 0.937. The van der Waals surface area contributed by atoms with Gasteiger partial charge in [-0.3, -0.25) is 10.1 Å². The zero-order valence-corrected chi connectivity index (χ0v) is 11.5. The van der Waals surface area contributed by atoms with Crippen molar-refractivity contribution in [1.82, 2.24) is 19.7 Å². The van der Waals surface area contributed by atoms with Crippen molar-refractivity contribution in [3.05, 3.63) is 70.8 Å². The zero-order valence-electron chi connectivity index (χ0n) is 11.5. The molecule has 3 aromatic heterocycles. The van der Waals surface area contributed by atoms with Gasteiger partial charge in [0.1, 0.15) is 12.0 Å². The summed E-state index contributed by atoms with van der Waals surface area (Å²) in [5.74, 6) is 1.31. The first-order chi connectivity index (χ1) is 10.7. The smallest absolute Gasteiger partial charge is 0.287 e. The molecule has 0 fully saturated rings. The highest BCUT2D eigenvalue weighted by Crippen LogP contribution is 2.13. The van der Waals surface area contributed by atoms with E-state index in [9.17, 15) is 10.1 Å². The van der Waals surface area contributed by atoms with Crippen LogP contribution in [-0.2, 0) is 6.54 Å². The number of pyridine rings is 2. The van der Waals surface area contributed by atoms with E-state index in [1.807, 2.05) is 24.4 Å². The van der Waals surface area contributed by atoms with Gasteiger partial charge >= 0.3 is 0 Å². The van der Waals surface area contributed by atoms with Crippen LogP contribution < -0.4 is 5.32 Å². The predicted molar refractivity (Wildman–Crippen MR) is 79.6 cm³/mol. The molecule has 0 spiro atoms. The molecule has 0 aliphatic carbocycles. The summed E-state index contributed by atoms with van der Waals surface area (Å²) < 4.78 is 1.68. The maximum atomic E-state index is 10.6. The van der Waals surface area contributed by atoms with E-state index in [0.717, 1.165) is 11.4 Å². The number of hydrogen-bond donors (Lipinski definition) is 1. The minimum atomic E-state index is -0.477. The van der Waals surface area contributed by atoms with Gasteiger partial charge in [0.05, 0.1) is 4.92 Å². The van der Waals surface area contributed by atoms with Crippen LogP contribution in [0.4, 0.5) is 11.5 Å². The standard InChI is InChI=1S/C14H12N6O2/c21-20(22)12-3-4-13(16-10-12)15-8-11-2-5-14(17-9-11)19-7-1-6-18-19/h1-7,9-10H,8H2,(H,15,16). The lowest BCUT2D eigenvalue weighted by Crippen LogP contribution is -2.03. The van der Waals surface area contributed by atoms with Crippen LogP contribution in [0.5, 0.6) is 0 Å². The molecule has 3 heterocycles. The van der Waals surface area contributed by atoms with Gasteiger partial charge in [0.2, 0.25) is 0 Å². The van der Waals surface area contributed by atoms with Gasteiger partial charge in [0.15, 0.2) is 5.82 Å². The molecule has 3 aromatic rings. The Bertz CT molecular complexity index is 753. The fourth-order valence-corrected chi connectivity index (χ4v) is 1.85. The zero-order chi connectivity index (χ0) is 15.4. The van der Waals surface area contributed by atoms with Crippen molar-refractivity contribution in [2.24, 2.45) is 0 Å². The lowest BCUT2D eigenvalue weighted by molar-refractivity contribution is -0.385. The predicted octanol–water partition coefficient (Wildman–Crippen LogP) is 2.18. The number of nitrogens with zero attached hydrogens (tertiary/aromatic N) is 5.